The van der Waals surface area contributed by atoms with Crippen LogP contribution in [0, 0.1) is 5.82 Å². The molecular weight excluding hydrogens is 480 g/mol. The highest BCUT2D eigenvalue weighted by Crippen LogP contribution is 2.33. The number of anilines is 1. The molecule has 0 saturated carbocycles. The predicted molar refractivity (Wildman–Crippen MR) is 132 cm³/mol. The summed E-state index contributed by atoms with van der Waals surface area (Å²) in [6, 6.07) is 14.2. The summed E-state index contributed by atoms with van der Waals surface area (Å²) in [7, 11) is 3.06. The van der Waals surface area contributed by atoms with Crippen LogP contribution in [0.15, 0.2) is 54.6 Å². The van der Waals surface area contributed by atoms with Crippen LogP contribution in [0.25, 0.3) is 11.0 Å². The SMILES string of the molecule is COc1ccc(NC(=O)[C@H](C)n2c(Cc3ccccc3F)nc3cc(Cl)c(Cl)cc32)cc1OC. The molecule has 0 aliphatic carbocycles. The highest BCUT2D eigenvalue weighted by molar-refractivity contribution is 6.42. The predicted octanol–water partition coefficient (Wildman–Crippen LogP) is 6.29. The molecule has 1 heterocycles. The quantitative estimate of drug-likeness (QED) is 0.323. The van der Waals surface area contributed by atoms with Gasteiger partial charge >= 0.3 is 0 Å². The van der Waals surface area contributed by atoms with Crippen molar-refractivity contribution in [3.63, 3.8) is 0 Å². The molecule has 176 valence electrons. The number of carbonyl (C=O) groups excluding carboxylic acids is 1. The summed E-state index contributed by atoms with van der Waals surface area (Å²) in [5.74, 6) is 0.899. The molecule has 0 fully saturated rings. The fourth-order valence-corrected chi connectivity index (χ4v) is 4.10. The molecular formula is C25H22Cl2FN3O3. The summed E-state index contributed by atoms with van der Waals surface area (Å²) in [6.07, 6.45) is 0.185. The minimum absolute atomic E-state index is 0.185. The Morgan fingerprint density at radius 1 is 1.06 bits per heavy atom. The molecule has 9 heteroatoms. The number of imidazole rings is 1. The van der Waals surface area contributed by atoms with Crippen LogP contribution >= 0.6 is 23.2 Å². The Kier molecular flexibility index (Phi) is 6.95. The van der Waals surface area contributed by atoms with Gasteiger partial charge in [-0.1, -0.05) is 41.4 Å². The van der Waals surface area contributed by atoms with E-state index in [2.05, 4.69) is 10.3 Å². The number of ether oxygens (including phenoxy) is 2. The molecule has 1 aromatic heterocycles. The summed E-state index contributed by atoms with van der Waals surface area (Å²) in [5, 5.41) is 3.57. The van der Waals surface area contributed by atoms with Gasteiger partial charge in [0.2, 0.25) is 5.91 Å². The van der Waals surface area contributed by atoms with Gasteiger partial charge in [-0.3, -0.25) is 4.79 Å². The summed E-state index contributed by atoms with van der Waals surface area (Å²) in [6.45, 7) is 1.74. The van der Waals surface area contributed by atoms with Crippen LogP contribution in [0.2, 0.25) is 10.0 Å². The second-order valence-corrected chi connectivity index (χ2v) is 8.47. The Labute approximate surface area is 206 Å². The molecule has 0 radical (unpaired) electrons. The number of hydrogen-bond acceptors (Lipinski definition) is 4. The Bertz CT molecular complexity index is 1370. The molecule has 1 N–H and O–H groups in total. The first kappa shape index (κ1) is 23.9. The van der Waals surface area contributed by atoms with E-state index in [1.54, 1.807) is 60.0 Å². The van der Waals surface area contributed by atoms with Crippen LogP contribution in [0.4, 0.5) is 10.1 Å². The van der Waals surface area contributed by atoms with Gasteiger partial charge in [0, 0.05) is 18.2 Å². The van der Waals surface area contributed by atoms with Crippen molar-refractivity contribution in [2.45, 2.75) is 19.4 Å². The van der Waals surface area contributed by atoms with E-state index in [1.165, 1.54) is 20.3 Å². The first-order valence-corrected chi connectivity index (χ1v) is 11.2. The Morgan fingerprint density at radius 2 is 1.76 bits per heavy atom. The number of nitrogens with zero attached hydrogens (tertiary/aromatic N) is 2. The normalized spacial score (nSPS) is 11.9. The molecule has 0 spiro atoms. The van der Waals surface area contributed by atoms with Gasteiger partial charge in [0.1, 0.15) is 17.7 Å². The largest absolute Gasteiger partial charge is 0.493 e. The Morgan fingerprint density at radius 3 is 2.47 bits per heavy atom. The van der Waals surface area contributed by atoms with Crippen LogP contribution in [0.1, 0.15) is 24.4 Å². The van der Waals surface area contributed by atoms with E-state index in [0.717, 1.165) is 0 Å². The van der Waals surface area contributed by atoms with Crippen LogP contribution in [-0.4, -0.2) is 29.7 Å². The number of methoxy groups -OCH3 is 2. The smallest absolute Gasteiger partial charge is 0.247 e. The van der Waals surface area contributed by atoms with E-state index in [4.69, 9.17) is 32.7 Å². The van der Waals surface area contributed by atoms with Gasteiger partial charge in [-0.2, -0.15) is 0 Å². The lowest BCUT2D eigenvalue weighted by atomic mass is 10.1. The molecule has 4 aromatic rings. The summed E-state index contributed by atoms with van der Waals surface area (Å²) in [4.78, 5) is 17.9. The maximum atomic E-state index is 14.4. The molecule has 0 aliphatic heterocycles. The van der Waals surface area contributed by atoms with Crippen molar-refractivity contribution in [2.75, 3.05) is 19.5 Å². The number of fused-ring (bicyclic) bond motifs is 1. The maximum absolute atomic E-state index is 14.4. The molecule has 3 aromatic carbocycles. The Hall–Kier alpha value is -3.29. The van der Waals surface area contributed by atoms with E-state index >= 15 is 0 Å². The number of carbonyl (C=O) groups is 1. The third-order valence-corrected chi connectivity index (χ3v) is 6.25. The number of hydrogen-bond donors (Lipinski definition) is 1. The zero-order valence-corrected chi connectivity index (χ0v) is 20.2. The molecule has 1 amide bonds. The lowest BCUT2D eigenvalue weighted by Crippen LogP contribution is -2.25. The molecule has 0 unspecified atom stereocenters. The van der Waals surface area contributed by atoms with Crippen molar-refractivity contribution < 1.29 is 18.7 Å². The van der Waals surface area contributed by atoms with Crippen molar-refractivity contribution in [2.24, 2.45) is 0 Å². The summed E-state index contributed by atoms with van der Waals surface area (Å²) in [5.41, 5.74) is 2.18. The van der Waals surface area contributed by atoms with E-state index in [1.807, 2.05) is 0 Å². The molecule has 0 saturated heterocycles. The van der Waals surface area contributed by atoms with Gasteiger partial charge in [-0.05, 0) is 42.8 Å². The highest BCUT2D eigenvalue weighted by Gasteiger charge is 2.24. The first-order valence-electron chi connectivity index (χ1n) is 10.4. The van der Waals surface area contributed by atoms with Crippen molar-refractivity contribution >= 4 is 45.8 Å². The number of aromatic nitrogens is 2. The number of halogens is 3. The van der Waals surface area contributed by atoms with Crippen LogP contribution in [0.5, 0.6) is 11.5 Å². The summed E-state index contributed by atoms with van der Waals surface area (Å²) < 4.78 is 26.7. The van der Waals surface area contributed by atoms with E-state index in [9.17, 15) is 9.18 Å². The standard InChI is InChI=1S/C25H22Cl2FN3O3/c1-14(25(32)29-16-8-9-22(33-2)23(11-16)34-3)31-21-13-18(27)17(26)12-20(21)30-24(31)10-15-6-4-5-7-19(15)28/h4-9,11-14H,10H2,1-3H3,(H,29,32)/t14-/m0/s1. The van der Waals surface area contributed by atoms with Crippen LogP contribution in [-0.2, 0) is 11.2 Å². The van der Waals surface area contributed by atoms with Crippen molar-refractivity contribution in [3.8, 4) is 11.5 Å². The second kappa shape index (κ2) is 9.91. The van der Waals surface area contributed by atoms with Gasteiger partial charge in [0.15, 0.2) is 11.5 Å². The van der Waals surface area contributed by atoms with Gasteiger partial charge in [0.25, 0.3) is 0 Å². The number of nitrogens with one attached hydrogen (secondary N) is 1. The number of benzene rings is 3. The van der Waals surface area contributed by atoms with E-state index < -0.39 is 6.04 Å². The van der Waals surface area contributed by atoms with Crippen LogP contribution in [0.3, 0.4) is 0 Å². The molecule has 34 heavy (non-hydrogen) atoms. The van der Waals surface area contributed by atoms with Crippen molar-refractivity contribution in [1.29, 1.82) is 0 Å². The third kappa shape index (κ3) is 4.67. The topological polar surface area (TPSA) is 65.4 Å². The Balaban J connectivity index is 1.73. The monoisotopic (exact) mass is 501 g/mol. The molecule has 0 aliphatic rings. The van der Waals surface area contributed by atoms with Crippen LogP contribution < -0.4 is 14.8 Å². The van der Waals surface area contributed by atoms with E-state index in [-0.39, 0.29) is 18.1 Å². The minimum Gasteiger partial charge on any atom is -0.493 e. The second-order valence-electron chi connectivity index (χ2n) is 7.66. The maximum Gasteiger partial charge on any atom is 0.247 e. The molecule has 1 atom stereocenters. The highest BCUT2D eigenvalue weighted by atomic mass is 35.5. The van der Waals surface area contributed by atoms with Gasteiger partial charge in [-0.25, -0.2) is 9.37 Å². The van der Waals surface area contributed by atoms with Crippen molar-refractivity contribution in [3.05, 3.63) is 81.8 Å². The zero-order chi connectivity index (χ0) is 24.4. The zero-order valence-electron chi connectivity index (χ0n) is 18.7. The lowest BCUT2D eigenvalue weighted by molar-refractivity contribution is -0.118. The van der Waals surface area contributed by atoms with Gasteiger partial charge in [-0.15, -0.1) is 0 Å². The third-order valence-electron chi connectivity index (χ3n) is 5.53. The molecule has 0 bridgehead atoms. The van der Waals surface area contributed by atoms with Crippen molar-refractivity contribution in [1.82, 2.24) is 9.55 Å². The van der Waals surface area contributed by atoms with Gasteiger partial charge in [0.05, 0.1) is 35.3 Å². The molecule has 6 nitrogen and oxygen atoms in total. The number of rotatable bonds is 7. The minimum atomic E-state index is -0.697. The number of amides is 1. The fourth-order valence-electron chi connectivity index (χ4n) is 3.79. The van der Waals surface area contributed by atoms with E-state index in [0.29, 0.717) is 49.7 Å². The fraction of sp³-hybridized carbons (Fsp3) is 0.200. The first-order chi connectivity index (χ1) is 16.3. The average Bonchev–Trinajstić information content (AvgIpc) is 3.16. The molecule has 4 rings (SSSR count). The van der Waals surface area contributed by atoms with Gasteiger partial charge < -0.3 is 19.4 Å². The lowest BCUT2D eigenvalue weighted by Gasteiger charge is -2.18. The summed E-state index contributed by atoms with van der Waals surface area (Å²) >= 11 is 12.5. The average molecular weight is 502 g/mol.